The third-order valence-electron chi connectivity index (χ3n) is 2.86. The first-order valence-electron chi connectivity index (χ1n) is 5.90. The van der Waals surface area contributed by atoms with Gasteiger partial charge in [0, 0.05) is 6.54 Å². The van der Waals surface area contributed by atoms with Crippen molar-refractivity contribution in [2.75, 3.05) is 20.2 Å². The molecular formula is C13H19NO2. The average molecular weight is 221 g/mol. The van der Waals surface area contributed by atoms with Crippen molar-refractivity contribution in [2.24, 2.45) is 0 Å². The lowest BCUT2D eigenvalue weighted by Gasteiger charge is -2.18. The van der Waals surface area contributed by atoms with Crippen LogP contribution >= 0.6 is 0 Å². The van der Waals surface area contributed by atoms with Gasteiger partial charge in [0.05, 0.1) is 7.11 Å². The number of para-hydroxylation sites is 2. The van der Waals surface area contributed by atoms with Gasteiger partial charge in [-0.15, -0.1) is 0 Å². The van der Waals surface area contributed by atoms with Crippen LogP contribution < -0.4 is 14.8 Å². The minimum absolute atomic E-state index is 0.263. The van der Waals surface area contributed by atoms with E-state index in [1.54, 1.807) is 7.11 Å². The summed E-state index contributed by atoms with van der Waals surface area (Å²) in [5.74, 6) is 1.66. The maximum Gasteiger partial charge on any atom is 0.161 e. The van der Waals surface area contributed by atoms with Crippen LogP contribution in [0.1, 0.15) is 19.3 Å². The average Bonchev–Trinajstić information content (AvgIpc) is 2.58. The van der Waals surface area contributed by atoms with Crippen molar-refractivity contribution in [3.8, 4) is 11.5 Å². The highest BCUT2D eigenvalue weighted by Gasteiger charge is 2.14. The second-order valence-electron chi connectivity index (χ2n) is 4.09. The van der Waals surface area contributed by atoms with Crippen molar-refractivity contribution in [1.82, 2.24) is 5.32 Å². The van der Waals surface area contributed by atoms with Gasteiger partial charge in [0.25, 0.3) is 0 Å². The number of hydrogen-bond donors (Lipinski definition) is 1. The Labute approximate surface area is 96.8 Å². The van der Waals surface area contributed by atoms with E-state index in [0.29, 0.717) is 0 Å². The van der Waals surface area contributed by atoms with Crippen LogP contribution in [0.3, 0.4) is 0 Å². The Morgan fingerprint density at radius 1 is 1.19 bits per heavy atom. The van der Waals surface area contributed by atoms with Crippen molar-refractivity contribution in [2.45, 2.75) is 25.4 Å². The molecule has 1 aromatic rings. The number of ether oxygens (including phenoxy) is 2. The summed E-state index contributed by atoms with van der Waals surface area (Å²) in [7, 11) is 1.67. The highest BCUT2D eigenvalue weighted by atomic mass is 16.5. The van der Waals surface area contributed by atoms with Gasteiger partial charge in [0.2, 0.25) is 0 Å². The summed E-state index contributed by atoms with van der Waals surface area (Å²) in [6.45, 7) is 2.03. The standard InChI is InChI=1S/C13H19NO2/c1-15-12-7-2-3-8-13(12)16-11-6-4-5-9-14-10-11/h2-3,7-8,11,14H,4-6,9-10H2,1H3. The molecular weight excluding hydrogens is 202 g/mol. The van der Waals surface area contributed by atoms with E-state index in [9.17, 15) is 0 Å². The number of rotatable bonds is 3. The molecule has 1 saturated heterocycles. The van der Waals surface area contributed by atoms with Crippen LogP contribution in [0.4, 0.5) is 0 Å². The van der Waals surface area contributed by atoms with E-state index in [0.717, 1.165) is 31.0 Å². The fourth-order valence-corrected chi connectivity index (χ4v) is 1.98. The largest absolute Gasteiger partial charge is 0.493 e. The van der Waals surface area contributed by atoms with E-state index in [4.69, 9.17) is 9.47 Å². The lowest BCUT2D eigenvalue weighted by atomic mass is 10.2. The van der Waals surface area contributed by atoms with Crippen LogP contribution in [0.15, 0.2) is 24.3 Å². The molecule has 3 heteroatoms. The first-order chi connectivity index (χ1) is 7.90. The van der Waals surface area contributed by atoms with Gasteiger partial charge < -0.3 is 14.8 Å². The molecule has 1 unspecified atom stereocenters. The summed E-state index contributed by atoms with van der Waals surface area (Å²) in [4.78, 5) is 0. The van der Waals surface area contributed by atoms with Gasteiger partial charge in [-0.1, -0.05) is 12.1 Å². The van der Waals surface area contributed by atoms with Crippen LogP contribution in [0, 0.1) is 0 Å². The fourth-order valence-electron chi connectivity index (χ4n) is 1.98. The fraction of sp³-hybridized carbons (Fsp3) is 0.538. The predicted molar refractivity (Wildman–Crippen MR) is 64.1 cm³/mol. The van der Waals surface area contributed by atoms with E-state index in [2.05, 4.69) is 5.32 Å². The van der Waals surface area contributed by atoms with Crippen LogP contribution in [0.25, 0.3) is 0 Å². The first kappa shape index (κ1) is 11.3. The molecule has 16 heavy (non-hydrogen) atoms. The molecule has 0 aromatic heterocycles. The zero-order chi connectivity index (χ0) is 11.2. The summed E-state index contributed by atoms with van der Waals surface area (Å²) in [6, 6.07) is 7.82. The lowest BCUT2D eigenvalue weighted by molar-refractivity contribution is 0.186. The molecule has 0 spiro atoms. The van der Waals surface area contributed by atoms with E-state index >= 15 is 0 Å². The summed E-state index contributed by atoms with van der Waals surface area (Å²) in [5, 5.41) is 3.39. The predicted octanol–water partition coefficient (Wildman–Crippen LogP) is 2.22. The topological polar surface area (TPSA) is 30.5 Å². The highest BCUT2D eigenvalue weighted by Crippen LogP contribution is 2.27. The monoisotopic (exact) mass is 221 g/mol. The smallest absolute Gasteiger partial charge is 0.161 e. The SMILES string of the molecule is COc1ccccc1OC1CCCCNC1. The molecule has 88 valence electrons. The van der Waals surface area contributed by atoms with Crippen LogP contribution in [-0.2, 0) is 0 Å². The van der Waals surface area contributed by atoms with Crippen LogP contribution in [0.2, 0.25) is 0 Å². The molecule has 0 radical (unpaired) electrons. The molecule has 1 aliphatic rings. The molecule has 3 nitrogen and oxygen atoms in total. The Kier molecular flexibility index (Phi) is 4.05. The quantitative estimate of drug-likeness (QED) is 0.849. The van der Waals surface area contributed by atoms with Crippen molar-refractivity contribution in [1.29, 1.82) is 0 Å². The molecule has 1 aromatic carbocycles. The Bertz CT molecular complexity index is 319. The van der Waals surface area contributed by atoms with E-state index < -0.39 is 0 Å². The van der Waals surface area contributed by atoms with E-state index in [1.807, 2.05) is 24.3 Å². The van der Waals surface area contributed by atoms with Gasteiger partial charge in [-0.25, -0.2) is 0 Å². The highest BCUT2D eigenvalue weighted by molar-refractivity contribution is 5.39. The molecule has 0 amide bonds. The summed E-state index contributed by atoms with van der Waals surface area (Å²) >= 11 is 0. The Balaban J connectivity index is 2.01. The third-order valence-corrected chi connectivity index (χ3v) is 2.86. The van der Waals surface area contributed by atoms with Gasteiger partial charge >= 0.3 is 0 Å². The normalized spacial score (nSPS) is 21.2. The van der Waals surface area contributed by atoms with Gasteiger partial charge in [-0.3, -0.25) is 0 Å². The summed E-state index contributed by atoms with van der Waals surface area (Å²) < 4.78 is 11.2. The Hall–Kier alpha value is -1.22. The minimum Gasteiger partial charge on any atom is -0.493 e. The minimum atomic E-state index is 0.263. The molecule has 1 N–H and O–H groups in total. The Morgan fingerprint density at radius 3 is 2.81 bits per heavy atom. The lowest BCUT2D eigenvalue weighted by Crippen LogP contribution is -2.29. The molecule has 0 bridgehead atoms. The molecule has 1 aliphatic heterocycles. The Morgan fingerprint density at radius 2 is 2.00 bits per heavy atom. The van der Waals surface area contributed by atoms with E-state index in [1.165, 1.54) is 12.8 Å². The van der Waals surface area contributed by atoms with Crippen molar-refractivity contribution < 1.29 is 9.47 Å². The molecule has 0 aliphatic carbocycles. The number of nitrogens with one attached hydrogen (secondary N) is 1. The first-order valence-corrected chi connectivity index (χ1v) is 5.90. The number of methoxy groups -OCH3 is 1. The number of hydrogen-bond acceptors (Lipinski definition) is 3. The van der Waals surface area contributed by atoms with Crippen LogP contribution in [0.5, 0.6) is 11.5 Å². The summed E-state index contributed by atoms with van der Waals surface area (Å²) in [5.41, 5.74) is 0. The van der Waals surface area contributed by atoms with Gasteiger partial charge in [0.15, 0.2) is 11.5 Å². The second kappa shape index (κ2) is 5.75. The molecule has 1 fully saturated rings. The van der Waals surface area contributed by atoms with Gasteiger partial charge in [0.1, 0.15) is 6.10 Å². The van der Waals surface area contributed by atoms with E-state index in [-0.39, 0.29) is 6.10 Å². The molecule has 2 rings (SSSR count). The molecule has 0 saturated carbocycles. The van der Waals surface area contributed by atoms with Crippen LogP contribution in [-0.4, -0.2) is 26.3 Å². The summed E-state index contributed by atoms with van der Waals surface area (Å²) in [6.07, 6.45) is 3.85. The molecule has 1 atom stereocenters. The maximum absolute atomic E-state index is 5.97. The van der Waals surface area contributed by atoms with Crippen molar-refractivity contribution >= 4 is 0 Å². The zero-order valence-corrected chi connectivity index (χ0v) is 9.74. The van der Waals surface area contributed by atoms with Crippen molar-refractivity contribution in [3.63, 3.8) is 0 Å². The number of benzene rings is 1. The van der Waals surface area contributed by atoms with Gasteiger partial charge in [-0.05, 0) is 37.9 Å². The van der Waals surface area contributed by atoms with Gasteiger partial charge in [-0.2, -0.15) is 0 Å². The third kappa shape index (κ3) is 2.89. The zero-order valence-electron chi connectivity index (χ0n) is 9.74. The van der Waals surface area contributed by atoms with Crippen molar-refractivity contribution in [3.05, 3.63) is 24.3 Å². The second-order valence-corrected chi connectivity index (χ2v) is 4.09. The molecule has 1 heterocycles. The maximum atomic E-state index is 5.97.